The van der Waals surface area contributed by atoms with E-state index < -0.39 is 11.8 Å². The number of hydrogen-bond acceptors (Lipinski definition) is 8. The van der Waals surface area contributed by atoms with Gasteiger partial charge in [-0.15, -0.1) is 0 Å². The quantitative estimate of drug-likeness (QED) is 0.757. The Morgan fingerprint density at radius 3 is 3.05 bits per heavy atom. The van der Waals surface area contributed by atoms with Gasteiger partial charge in [0.2, 0.25) is 5.95 Å². The van der Waals surface area contributed by atoms with Crippen molar-refractivity contribution in [1.29, 1.82) is 0 Å². The SMILES string of the molecule is CC(=O)OC[C@@H]1CC[C@H](n2c(=O)sc3c(=O)[nH]c(N)nc32)O1. The maximum absolute atomic E-state index is 12.1. The number of nitrogens with two attached hydrogens (primary N) is 1. The molecule has 3 N–H and O–H groups in total. The molecule has 3 rings (SSSR count). The van der Waals surface area contributed by atoms with Crippen LogP contribution in [-0.2, 0) is 14.3 Å². The second kappa shape index (κ2) is 5.54. The molecule has 0 bridgehead atoms. The number of ether oxygens (including phenoxy) is 2. The molecule has 0 radical (unpaired) electrons. The van der Waals surface area contributed by atoms with Gasteiger partial charge in [0.25, 0.3) is 5.56 Å². The Bertz CT molecular complexity index is 838. The van der Waals surface area contributed by atoms with Crippen molar-refractivity contribution in [3.8, 4) is 0 Å². The zero-order valence-corrected chi connectivity index (χ0v) is 12.5. The molecule has 9 nitrogen and oxygen atoms in total. The Morgan fingerprint density at radius 2 is 2.32 bits per heavy atom. The van der Waals surface area contributed by atoms with Crippen molar-refractivity contribution in [2.24, 2.45) is 0 Å². The van der Waals surface area contributed by atoms with E-state index in [0.717, 1.165) is 11.3 Å². The molecule has 1 fully saturated rings. The van der Waals surface area contributed by atoms with Gasteiger partial charge in [-0.3, -0.25) is 23.9 Å². The maximum Gasteiger partial charge on any atom is 0.311 e. The molecule has 1 aliphatic rings. The molecule has 0 unspecified atom stereocenters. The number of rotatable bonds is 3. The monoisotopic (exact) mass is 326 g/mol. The van der Waals surface area contributed by atoms with Crippen molar-refractivity contribution >= 4 is 33.6 Å². The lowest BCUT2D eigenvalue weighted by Crippen LogP contribution is -2.23. The van der Waals surface area contributed by atoms with Crippen LogP contribution in [-0.4, -0.2) is 33.2 Å². The van der Waals surface area contributed by atoms with E-state index in [2.05, 4.69) is 9.97 Å². The summed E-state index contributed by atoms with van der Waals surface area (Å²) in [6.07, 6.45) is 0.373. The smallest absolute Gasteiger partial charge is 0.311 e. The third-order valence-corrected chi connectivity index (χ3v) is 4.28. The minimum Gasteiger partial charge on any atom is -0.463 e. The molecule has 0 aromatic carbocycles. The molecule has 2 aromatic heterocycles. The number of esters is 1. The molecule has 22 heavy (non-hydrogen) atoms. The summed E-state index contributed by atoms with van der Waals surface area (Å²) in [7, 11) is 0. The summed E-state index contributed by atoms with van der Waals surface area (Å²) in [6, 6.07) is 0. The lowest BCUT2D eigenvalue weighted by atomic mass is 10.2. The number of thiazole rings is 1. The highest BCUT2D eigenvalue weighted by atomic mass is 32.1. The van der Waals surface area contributed by atoms with E-state index in [4.69, 9.17) is 15.2 Å². The van der Waals surface area contributed by atoms with Crippen LogP contribution in [0.2, 0.25) is 0 Å². The standard InChI is InChI=1S/C12H14N4O5S/c1-5(17)20-4-6-2-3-7(21-6)16-9-8(22-12(16)19)10(18)15-11(13)14-9/h6-7H,2-4H2,1H3,(H3,13,14,15,18)/t6-,7+/m0/s1. The molecule has 10 heteroatoms. The number of anilines is 1. The summed E-state index contributed by atoms with van der Waals surface area (Å²) in [6.45, 7) is 1.46. The number of nitrogens with zero attached hydrogens (tertiary/aromatic N) is 2. The van der Waals surface area contributed by atoms with E-state index in [1.807, 2.05) is 0 Å². The molecule has 0 aliphatic carbocycles. The average molecular weight is 326 g/mol. The molecule has 118 valence electrons. The third kappa shape index (κ3) is 2.62. The first-order valence-corrected chi connectivity index (χ1v) is 7.47. The van der Waals surface area contributed by atoms with Gasteiger partial charge in [-0.05, 0) is 12.8 Å². The van der Waals surface area contributed by atoms with E-state index >= 15 is 0 Å². The second-order valence-electron chi connectivity index (χ2n) is 4.93. The Labute approximate surface area is 127 Å². The highest BCUT2D eigenvalue weighted by molar-refractivity contribution is 7.16. The summed E-state index contributed by atoms with van der Waals surface area (Å²) in [4.78, 5) is 40.8. The number of fused-ring (bicyclic) bond motifs is 1. The summed E-state index contributed by atoms with van der Waals surface area (Å²) in [5, 5.41) is 0. The van der Waals surface area contributed by atoms with Gasteiger partial charge in [-0.2, -0.15) is 4.98 Å². The van der Waals surface area contributed by atoms with Crippen molar-refractivity contribution in [3.05, 3.63) is 20.0 Å². The molecule has 1 aliphatic heterocycles. The largest absolute Gasteiger partial charge is 0.463 e. The fourth-order valence-electron chi connectivity index (χ4n) is 2.41. The van der Waals surface area contributed by atoms with Gasteiger partial charge >= 0.3 is 10.8 Å². The van der Waals surface area contributed by atoms with E-state index in [1.54, 1.807) is 0 Å². The number of nitrogen functional groups attached to an aromatic ring is 1. The Balaban J connectivity index is 1.91. The van der Waals surface area contributed by atoms with Gasteiger partial charge in [-0.1, -0.05) is 11.3 Å². The van der Waals surface area contributed by atoms with E-state index in [9.17, 15) is 14.4 Å². The van der Waals surface area contributed by atoms with Crippen LogP contribution in [0.1, 0.15) is 26.0 Å². The van der Waals surface area contributed by atoms with Gasteiger partial charge in [0.1, 0.15) is 17.5 Å². The molecular formula is C12H14N4O5S. The topological polar surface area (TPSA) is 129 Å². The van der Waals surface area contributed by atoms with Gasteiger partial charge in [-0.25, -0.2) is 0 Å². The number of carbonyl (C=O) groups excluding carboxylic acids is 1. The van der Waals surface area contributed by atoms with Crippen molar-refractivity contribution in [2.45, 2.75) is 32.1 Å². The van der Waals surface area contributed by atoms with Crippen LogP contribution in [0.4, 0.5) is 5.95 Å². The highest BCUT2D eigenvalue weighted by Gasteiger charge is 2.30. The van der Waals surface area contributed by atoms with E-state index in [1.165, 1.54) is 11.5 Å². The highest BCUT2D eigenvalue weighted by Crippen LogP contribution is 2.30. The van der Waals surface area contributed by atoms with Gasteiger partial charge in [0, 0.05) is 6.92 Å². The van der Waals surface area contributed by atoms with Crippen molar-refractivity contribution in [2.75, 3.05) is 12.3 Å². The van der Waals surface area contributed by atoms with Crippen molar-refractivity contribution < 1.29 is 14.3 Å². The zero-order valence-electron chi connectivity index (χ0n) is 11.7. The minimum absolute atomic E-state index is 0.0569. The number of nitrogens with one attached hydrogen (secondary N) is 1. The van der Waals surface area contributed by atoms with Gasteiger partial charge in [0.15, 0.2) is 5.65 Å². The molecule has 0 saturated carbocycles. The lowest BCUT2D eigenvalue weighted by molar-refractivity contribution is -0.145. The Morgan fingerprint density at radius 1 is 1.55 bits per heavy atom. The molecular weight excluding hydrogens is 312 g/mol. The zero-order chi connectivity index (χ0) is 15.9. The first-order chi connectivity index (χ1) is 10.5. The van der Waals surface area contributed by atoms with Crippen LogP contribution in [0.15, 0.2) is 9.59 Å². The Hall–Kier alpha value is -2.20. The molecule has 2 aromatic rings. The van der Waals surface area contributed by atoms with Crippen LogP contribution in [0.25, 0.3) is 10.3 Å². The average Bonchev–Trinajstić information content (AvgIpc) is 3.00. The minimum atomic E-state index is -0.546. The number of hydrogen-bond donors (Lipinski definition) is 2. The first kappa shape index (κ1) is 14.7. The fraction of sp³-hybridized carbons (Fsp3) is 0.500. The number of H-pyrrole nitrogens is 1. The lowest BCUT2D eigenvalue weighted by Gasteiger charge is -2.14. The third-order valence-electron chi connectivity index (χ3n) is 3.34. The van der Waals surface area contributed by atoms with Crippen LogP contribution < -0.4 is 16.2 Å². The predicted octanol–water partition coefficient (Wildman–Crippen LogP) is -0.0308. The summed E-state index contributed by atoms with van der Waals surface area (Å²) in [5.41, 5.74) is 5.30. The molecule has 0 spiro atoms. The Kier molecular flexibility index (Phi) is 3.71. The van der Waals surface area contributed by atoms with Crippen LogP contribution in [0.3, 0.4) is 0 Å². The van der Waals surface area contributed by atoms with E-state index in [-0.39, 0.29) is 39.8 Å². The predicted molar refractivity (Wildman–Crippen MR) is 78.7 cm³/mol. The van der Waals surface area contributed by atoms with Crippen LogP contribution in [0, 0.1) is 0 Å². The number of carbonyl (C=O) groups is 1. The summed E-state index contributed by atoms with van der Waals surface area (Å²) in [5.74, 6) is -0.440. The molecule has 2 atom stereocenters. The van der Waals surface area contributed by atoms with Crippen molar-refractivity contribution in [3.63, 3.8) is 0 Å². The summed E-state index contributed by atoms with van der Waals surface area (Å²) >= 11 is 0.801. The number of aromatic nitrogens is 3. The normalized spacial score (nSPS) is 21.3. The molecule has 0 amide bonds. The van der Waals surface area contributed by atoms with Gasteiger partial charge < -0.3 is 15.2 Å². The fourth-order valence-corrected chi connectivity index (χ4v) is 3.27. The molecule has 3 heterocycles. The maximum atomic E-state index is 12.1. The first-order valence-electron chi connectivity index (χ1n) is 6.65. The second-order valence-corrected chi connectivity index (χ2v) is 5.90. The van der Waals surface area contributed by atoms with E-state index in [0.29, 0.717) is 12.8 Å². The van der Waals surface area contributed by atoms with Crippen LogP contribution in [0.5, 0.6) is 0 Å². The van der Waals surface area contributed by atoms with Gasteiger partial charge in [0.05, 0.1) is 6.10 Å². The van der Waals surface area contributed by atoms with Crippen LogP contribution >= 0.6 is 11.3 Å². The molecule has 1 saturated heterocycles. The number of aromatic amines is 1. The summed E-state index contributed by atoms with van der Waals surface area (Å²) < 4.78 is 12.2. The van der Waals surface area contributed by atoms with Crippen molar-refractivity contribution in [1.82, 2.24) is 14.5 Å².